The first-order valence-electron chi connectivity index (χ1n) is 3.67. The Bertz CT molecular complexity index is 417. The first kappa shape index (κ1) is 11.0. The van der Waals surface area contributed by atoms with Crippen molar-refractivity contribution in [2.45, 2.75) is 0 Å². The van der Waals surface area contributed by atoms with Crippen molar-refractivity contribution in [2.75, 3.05) is 11.6 Å². The quantitative estimate of drug-likeness (QED) is 0.451. The Morgan fingerprint density at radius 2 is 2.47 bits per heavy atom. The molecular weight excluding hydrogens is 218 g/mol. The van der Waals surface area contributed by atoms with Crippen molar-refractivity contribution < 1.29 is 4.79 Å². The van der Waals surface area contributed by atoms with Crippen molar-refractivity contribution in [3.8, 4) is 6.07 Å². The molecule has 0 saturated carbocycles. The number of carbonyl (C=O) groups excluding carboxylic acids is 1. The number of H-pyrrole nitrogens is 1. The van der Waals surface area contributed by atoms with E-state index in [4.69, 9.17) is 11.0 Å². The summed E-state index contributed by atoms with van der Waals surface area (Å²) < 4.78 is 0. The molecule has 0 bridgehead atoms. The summed E-state index contributed by atoms with van der Waals surface area (Å²) in [7, 11) is 0. The van der Waals surface area contributed by atoms with Gasteiger partial charge in [-0.3, -0.25) is 4.79 Å². The number of anilines is 1. The summed E-state index contributed by atoms with van der Waals surface area (Å²) in [6, 6.07) is 1.70. The maximum Gasteiger partial charge on any atom is 0.268 e. The van der Waals surface area contributed by atoms with E-state index in [0.717, 1.165) is 11.8 Å². The van der Waals surface area contributed by atoms with E-state index in [9.17, 15) is 4.79 Å². The number of hydrogen-bond acceptors (Lipinski definition) is 7. The summed E-state index contributed by atoms with van der Waals surface area (Å²) in [5, 5.41) is 24.4. The molecule has 4 N–H and O–H groups in total. The predicted molar refractivity (Wildman–Crippen MR) is 53.1 cm³/mol. The van der Waals surface area contributed by atoms with Gasteiger partial charge in [0.25, 0.3) is 11.9 Å². The minimum atomic E-state index is -0.808. The highest BCUT2D eigenvalue weighted by Gasteiger charge is 2.13. The molecule has 8 nitrogen and oxygen atoms in total. The van der Waals surface area contributed by atoms with Gasteiger partial charge in [-0.2, -0.15) is 10.5 Å². The lowest BCUT2D eigenvalue weighted by Crippen LogP contribution is -2.16. The van der Waals surface area contributed by atoms with E-state index in [1.54, 1.807) is 12.3 Å². The lowest BCUT2D eigenvalue weighted by molar-refractivity contribution is -0.114. The number of rotatable bonds is 4. The Balaban J connectivity index is 2.97. The van der Waals surface area contributed by atoms with Gasteiger partial charge in [0.15, 0.2) is 0 Å². The summed E-state index contributed by atoms with van der Waals surface area (Å²) in [5.41, 5.74) is 4.84. The van der Waals surface area contributed by atoms with E-state index in [2.05, 4.69) is 25.9 Å². The van der Waals surface area contributed by atoms with Crippen LogP contribution in [0.25, 0.3) is 0 Å². The van der Waals surface area contributed by atoms with Crippen molar-refractivity contribution >= 4 is 23.6 Å². The maximum absolute atomic E-state index is 10.9. The summed E-state index contributed by atoms with van der Waals surface area (Å²) >= 11 is 1.15. The van der Waals surface area contributed by atoms with Gasteiger partial charge in [-0.05, 0) is 11.5 Å². The third kappa shape index (κ3) is 2.68. The van der Waals surface area contributed by atoms with Crippen LogP contribution in [0.1, 0.15) is 0 Å². The van der Waals surface area contributed by atoms with E-state index in [1.807, 2.05) is 0 Å². The molecule has 0 atom stereocenters. The fourth-order valence-corrected chi connectivity index (χ4v) is 1.29. The Labute approximate surface area is 88.9 Å². The second-order valence-electron chi connectivity index (χ2n) is 2.24. The number of primary amides is 1. The molecule has 9 heteroatoms. The van der Waals surface area contributed by atoms with Gasteiger partial charge < -0.3 is 11.1 Å². The molecule has 1 rings (SSSR count). The smallest absolute Gasteiger partial charge is 0.268 e. The zero-order chi connectivity index (χ0) is 11.3. The topological polar surface area (TPSA) is 133 Å². The average Bonchev–Trinajstić information content (AvgIpc) is 2.69. The van der Waals surface area contributed by atoms with E-state index in [1.165, 1.54) is 0 Å². The van der Waals surface area contributed by atoms with Gasteiger partial charge in [-0.15, -0.1) is 16.9 Å². The van der Waals surface area contributed by atoms with Crippen LogP contribution >= 0.6 is 11.8 Å². The summed E-state index contributed by atoms with van der Waals surface area (Å²) in [4.78, 5) is 10.9. The molecule has 0 unspecified atom stereocenters. The third-order valence-electron chi connectivity index (χ3n) is 1.36. The second kappa shape index (κ2) is 4.97. The molecule has 0 aliphatic heterocycles. The van der Waals surface area contributed by atoms with Crippen molar-refractivity contribution in [1.82, 2.24) is 20.6 Å². The number of aromatic nitrogens is 4. The number of nitrogens with two attached hydrogens (primary N) is 1. The number of tetrazole rings is 1. The van der Waals surface area contributed by atoms with E-state index < -0.39 is 5.91 Å². The minimum absolute atomic E-state index is 0.161. The van der Waals surface area contributed by atoms with Crippen LogP contribution in [0.4, 0.5) is 5.95 Å². The molecule has 1 aromatic heterocycles. The van der Waals surface area contributed by atoms with Gasteiger partial charge in [-0.25, -0.2) is 0 Å². The largest absolute Gasteiger partial charge is 0.365 e. The number of aromatic amines is 1. The standard InChI is InChI=1S/C6H7N7OS/c1-15-5(3(2-7)4(8)14)9-6-10-12-13-11-6/h1H3,(H2,8,14)(H2,9,10,11,12,13). The number of thioether (sulfide) groups is 1. The first-order chi connectivity index (χ1) is 7.19. The third-order valence-corrected chi connectivity index (χ3v) is 2.07. The molecule has 1 aromatic rings. The zero-order valence-corrected chi connectivity index (χ0v) is 8.50. The van der Waals surface area contributed by atoms with Crippen molar-refractivity contribution in [1.29, 1.82) is 5.26 Å². The molecule has 0 radical (unpaired) electrons. The maximum atomic E-state index is 10.9. The fraction of sp³-hybridized carbons (Fsp3) is 0.167. The van der Waals surface area contributed by atoms with Gasteiger partial charge >= 0.3 is 0 Å². The molecule has 0 aliphatic carbocycles. The molecule has 0 aromatic carbocycles. The number of hydrogen-bond donors (Lipinski definition) is 3. The first-order valence-corrected chi connectivity index (χ1v) is 4.90. The SMILES string of the molecule is CSC(Nc1nn[nH]n1)=C(C#N)C(N)=O. The Kier molecular flexibility index (Phi) is 3.64. The molecule has 15 heavy (non-hydrogen) atoms. The van der Waals surface area contributed by atoms with Gasteiger partial charge in [0.1, 0.15) is 11.6 Å². The predicted octanol–water partition coefficient (Wildman–Crippen LogP) is -0.805. The highest BCUT2D eigenvalue weighted by molar-refractivity contribution is 8.02. The van der Waals surface area contributed by atoms with E-state index >= 15 is 0 Å². The Hall–Kier alpha value is -2.08. The van der Waals surface area contributed by atoms with Gasteiger partial charge in [0.05, 0.1) is 5.03 Å². The highest BCUT2D eigenvalue weighted by Crippen LogP contribution is 2.17. The second-order valence-corrected chi connectivity index (χ2v) is 3.06. The van der Waals surface area contributed by atoms with Crippen LogP contribution in [0.5, 0.6) is 0 Å². The van der Waals surface area contributed by atoms with Gasteiger partial charge in [0.2, 0.25) is 0 Å². The molecule has 1 heterocycles. The summed E-state index contributed by atoms with van der Waals surface area (Å²) in [5.74, 6) is -0.647. The minimum Gasteiger partial charge on any atom is -0.365 e. The van der Waals surface area contributed by atoms with Crippen LogP contribution in [-0.4, -0.2) is 32.8 Å². The van der Waals surface area contributed by atoms with Crippen LogP contribution < -0.4 is 11.1 Å². The van der Waals surface area contributed by atoms with Crippen molar-refractivity contribution in [2.24, 2.45) is 5.73 Å². The van der Waals surface area contributed by atoms with Crippen LogP contribution in [0.3, 0.4) is 0 Å². The zero-order valence-electron chi connectivity index (χ0n) is 7.68. The van der Waals surface area contributed by atoms with Crippen molar-refractivity contribution in [3.63, 3.8) is 0 Å². The highest BCUT2D eigenvalue weighted by atomic mass is 32.2. The summed E-state index contributed by atoms with van der Waals surface area (Å²) in [6.45, 7) is 0. The van der Waals surface area contributed by atoms with Crippen LogP contribution in [0.2, 0.25) is 0 Å². The van der Waals surface area contributed by atoms with Crippen LogP contribution in [-0.2, 0) is 4.79 Å². The Morgan fingerprint density at radius 1 is 1.73 bits per heavy atom. The summed E-state index contributed by atoms with van der Waals surface area (Å²) in [6.07, 6.45) is 1.68. The van der Waals surface area contributed by atoms with Crippen molar-refractivity contribution in [3.05, 3.63) is 10.6 Å². The molecule has 0 fully saturated rings. The van der Waals surface area contributed by atoms with Crippen LogP contribution in [0.15, 0.2) is 10.6 Å². The number of nitrogens with one attached hydrogen (secondary N) is 2. The number of nitrogens with zero attached hydrogens (tertiary/aromatic N) is 4. The fourth-order valence-electron chi connectivity index (χ4n) is 0.750. The number of amides is 1. The lowest BCUT2D eigenvalue weighted by Gasteiger charge is -2.04. The molecular formula is C6H7N7OS. The Morgan fingerprint density at radius 3 is 2.87 bits per heavy atom. The van der Waals surface area contributed by atoms with E-state index in [0.29, 0.717) is 0 Å². The number of carbonyl (C=O) groups is 1. The van der Waals surface area contributed by atoms with Crippen LogP contribution in [0, 0.1) is 11.3 Å². The normalized spacial score (nSPS) is 11.5. The van der Waals surface area contributed by atoms with Gasteiger partial charge in [0, 0.05) is 0 Å². The lowest BCUT2D eigenvalue weighted by atomic mass is 10.3. The molecule has 78 valence electrons. The molecule has 0 spiro atoms. The monoisotopic (exact) mass is 225 g/mol. The number of nitriles is 1. The molecule has 0 saturated heterocycles. The molecule has 0 aliphatic rings. The molecule has 1 amide bonds. The van der Waals surface area contributed by atoms with E-state index in [-0.39, 0.29) is 16.6 Å². The van der Waals surface area contributed by atoms with Gasteiger partial charge in [-0.1, -0.05) is 5.10 Å². The average molecular weight is 225 g/mol.